The normalized spacial score (nSPS) is 16.1. The summed E-state index contributed by atoms with van der Waals surface area (Å²) < 4.78 is 0. The Kier molecular flexibility index (Phi) is 27.8. The molecule has 0 atom stereocenters. The molecule has 16 aromatic rings. The molecule has 11 aliphatic rings. The van der Waals surface area contributed by atoms with Gasteiger partial charge >= 0.3 is 0 Å². The van der Waals surface area contributed by atoms with Gasteiger partial charge in [0.2, 0.25) is 0 Å². The molecule has 0 bridgehead atoms. The first-order valence-electron chi connectivity index (χ1n) is 50.0. The smallest absolute Gasteiger partial charge is 0.0424 e. The molecule has 720 valence electrons. The van der Waals surface area contributed by atoms with Crippen molar-refractivity contribution < 1.29 is 80.4 Å². The van der Waals surface area contributed by atoms with E-state index in [0.717, 1.165) is 45.5 Å². The first kappa shape index (κ1) is 97.9. The van der Waals surface area contributed by atoms with Gasteiger partial charge in [-0.1, -0.05) is 375 Å². The molecule has 0 aromatic heterocycles. The van der Waals surface area contributed by atoms with E-state index in [-0.39, 0.29) is 91.3 Å². The number of rotatable bonds is 11. The van der Waals surface area contributed by atoms with E-state index in [2.05, 4.69) is 510 Å². The number of anilines is 8. The minimum absolute atomic E-state index is 0. The van der Waals surface area contributed by atoms with Gasteiger partial charge < -0.3 is 39.2 Å². The fraction of sp³-hybridized carbons (Fsp3) is 0.176. The molecule has 8 nitrogen and oxygen atoms in total. The largest absolute Gasteiger partial charge is 0.492 e. The van der Waals surface area contributed by atoms with Crippen molar-refractivity contribution in [1.82, 2.24) is 0 Å². The van der Waals surface area contributed by atoms with Crippen LogP contribution in [-0.2, 0) is 104 Å². The van der Waals surface area contributed by atoms with E-state index in [0.29, 0.717) is 17.8 Å². The Labute approximate surface area is 899 Å². The molecule has 8 aliphatic heterocycles. The van der Waals surface area contributed by atoms with Gasteiger partial charge in [0.25, 0.3) is 0 Å². The average molecular weight is 2570 g/mol. The van der Waals surface area contributed by atoms with Crippen LogP contribution < -0.4 is 39.2 Å². The van der Waals surface area contributed by atoms with E-state index < -0.39 is 0 Å². The van der Waals surface area contributed by atoms with Crippen LogP contribution >= 0.6 is 0 Å². The van der Waals surface area contributed by atoms with Crippen molar-refractivity contribution in [3.63, 3.8) is 0 Å². The minimum atomic E-state index is -0.0138. The van der Waals surface area contributed by atoms with E-state index in [1.165, 1.54) is 237 Å². The van der Waals surface area contributed by atoms with Crippen molar-refractivity contribution in [1.29, 1.82) is 0 Å². The van der Waals surface area contributed by atoms with Gasteiger partial charge in [0, 0.05) is 149 Å². The van der Waals surface area contributed by atoms with Crippen molar-refractivity contribution in [2.75, 3.05) is 39.2 Å². The molecule has 16 aromatic carbocycles. The Hall–Kier alpha value is -12.5. The minimum Gasteiger partial charge on any atom is -0.492 e. The van der Waals surface area contributed by atoms with Crippen molar-refractivity contribution >= 4 is 91.1 Å². The van der Waals surface area contributed by atoms with Crippen molar-refractivity contribution in [3.05, 3.63) is 504 Å². The fourth-order valence-corrected chi connectivity index (χ4v) is 23.2. The van der Waals surface area contributed by atoms with Crippen LogP contribution in [0.2, 0.25) is 0 Å². The molecule has 27 rings (SSSR count). The second kappa shape index (κ2) is 40.6. The second-order valence-corrected chi connectivity index (χ2v) is 40.3. The number of hydrogen-bond acceptors (Lipinski definition) is 8. The molecule has 8 heterocycles. The Bertz CT molecular complexity index is 7580. The molecule has 0 unspecified atom stereocenters. The van der Waals surface area contributed by atoms with Crippen LogP contribution in [0.25, 0.3) is 90.1 Å². The van der Waals surface area contributed by atoms with Gasteiger partial charge in [-0.15, -0.1) is 54.5 Å². The number of para-hydroxylation sites is 5. The summed E-state index contributed by atoms with van der Waals surface area (Å²) in [6.45, 7) is 29.8. The standard InChI is InChI=1S/C34H30N2.C33H28N2.C33H30N2.C31H24N2.4Ir/c1-24-17-20-32-30(21-24)29-19-18-27(25-11-5-2-6-12-25)22-31(29)34-33(26-13-7-3-8-14-26)35(23-36(32)34)28-15-9-4-10-16-28;1-32(2)25-18-11-17-24-28(25)29-26(33(32,3)4)19-12-20-27(29)35-21-34(23-15-9-6-10-16-23)30(31(24)35)22-13-7-5-8-14-22;1-22(2)25-15-17-28-29-19-26(23(3)4)16-18-31(29)35-21-34(27-13-9-6-10-14-27)32(33(35)30(28)20-25)24-11-7-5-8-12-24;1-3-11-22(12-4-1)30-31-28-20-24-14-8-7-13-23(24)19-27(28)26-17-9-10-18-29(26)33(31)21-32(30)25-15-5-2-6-16-25;;;;/h3-4,7-10,13-19,21-23,25H,2,5-6,11-12H2,1H3;5-19,21H,1-4H3;5-17,19-23H,1-4H3;1-6,9-12,15-17,19-21H,7-8,13-14H2;;;;/q4*-2;;;;. The Morgan fingerprint density at radius 3 is 1.10 bits per heavy atom. The van der Waals surface area contributed by atoms with Crippen molar-refractivity contribution in [2.45, 2.75) is 149 Å². The summed E-state index contributed by atoms with van der Waals surface area (Å²) in [5.41, 5.74) is 50.7. The summed E-state index contributed by atoms with van der Waals surface area (Å²) in [5, 5.41) is 0. The monoisotopic (exact) mass is 2570 g/mol. The maximum atomic E-state index is 3.67. The van der Waals surface area contributed by atoms with Crippen LogP contribution in [0.4, 0.5) is 45.5 Å². The Morgan fingerprint density at radius 1 is 0.273 bits per heavy atom. The third kappa shape index (κ3) is 17.1. The summed E-state index contributed by atoms with van der Waals surface area (Å²) in [6, 6.07) is 146. The molecule has 0 N–H and O–H groups in total. The molecule has 1 saturated carbocycles. The maximum Gasteiger partial charge on any atom is 0.0424 e. The summed E-state index contributed by atoms with van der Waals surface area (Å²) in [5.74, 6) is 1.58. The van der Waals surface area contributed by atoms with Crippen molar-refractivity contribution in [3.8, 4) is 44.5 Å². The third-order valence-electron chi connectivity index (χ3n) is 30.9. The zero-order valence-corrected chi connectivity index (χ0v) is 91.5. The van der Waals surface area contributed by atoms with E-state index in [4.69, 9.17) is 0 Å². The maximum absolute atomic E-state index is 3.67. The van der Waals surface area contributed by atoms with Gasteiger partial charge in [0.05, 0.1) is 0 Å². The molecular formula is C131H112Ir4N8-8. The van der Waals surface area contributed by atoms with Gasteiger partial charge in [0.1, 0.15) is 0 Å². The van der Waals surface area contributed by atoms with Gasteiger partial charge in [0.15, 0.2) is 0 Å². The third-order valence-corrected chi connectivity index (χ3v) is 30.9. The van der Waals surface area contributed by atoms with Gasteiger partial charge in [-0.2, -0.15) is 90.0 Å². The Morgan fingerprint density at radius 2 is 0.643 bits per heavy atom. The number of fused-ring (bicyclic) bond motifs is 22. The predicted octanol–water partition coefficient (Wildman–Crippen LogP) is 32.8. The van der Waals surface area contributed by atoms with Crippen molar-refractivity contribution in [2.24, 2.45) is 0 Å². The van der Waals surface area contributed by atoms with Gasteiger partial charge in [-0.25, -0.2) is 0 Å². The fourth-order valence-electron chi connectivity index (χ4n) is 23.2. The summed E-state index contributed by atoms with van der Waals surface area (Å²) in [6.07, 6.45) is 11.6. The zero-order valence-electron chi connectivity index (χ0n) is 82.0. The van der Waals surface area contributed by atoms with Crippen LogP contribution in [0.1, 0.15) is 207 Å². The molecule has 0 spiro atoms. The zero-order chi connectivity index (χ0) is 93.9. The van der Waals surface area contributed by atoms with Crippen LogP contribution in [-0.4, -0.2) is 0 Å². The number of hydrogen-bond donors (Lipinski definition) is 0. The predicted molar refractivity (Wildman–Crippen MR) is 580 cm³/mol. The first-order valence-corrected chi connectivity index (χ1v) is 50.0. The summed E-state index contributed by atoms with van der Waals surface area (Å²) in [7, 11) is 0. The first-order chi connectivity index (χ1) is 68.1. The SMILES string of the molecule is CC(C)c1ccc2c(c1)C1=C(c3ccccc3)N(c3ccccc3)[CH-]N1c1[c-]cc(C(C)C)cc1-2.CC1(C)c2cc[c-]c3c2-c2c(cccc2C1(C)C)C1=C(c2ccccc2)N(c2ccccc2)[CH-]N13.Cc1c[c-]c2c(c1)-c1ccc(C3CCCCC3)cc1C1=C(c3ccccc3)N(c3ccccc3)[CH-]N12.[Ir].[Ir].[Ir].[Ir].[c-]1cccc2c1N1[CH-]N(c3ccccc3)C(c3ccccc3)=C1c1cc3c(cc1-2)CCCC3. The molecule has 1 fully saturated rings. The summed E-state index contributed by atoms with van der Waals surface area (Å²) in [4.78, 5) is 18.8. The van der Waals surface area contributed by atoms with Crippen LogP contribution in [0, 0.1) is 57.9 Å². The number of aryl methyl sites for hydroxylation is 3. The van der Waals surface area contributed by atoms with Crippen LogP contribution in [0.5, 0.6) is 0 Å². The van der Waals surface area contributed by atoms with E-state index in [9.17, 15) is 0 Å². The molecule has 0 saturated heterocycles. The van der Waals surface area contributed by atoms with E-state index in [1.807, 2.05) is 6.07 Å². The van der Waals surface area contributed by atoms with Gasteiger partial charge in [-0.3, -0.25) is 0 Å². The Balaban J connectivity index is 0.000000115. The topological polar surface area (TPSA) is 25.9 Å². The molecule has 143 heavy (non-hydrogen) atoms. The molecule has 0 amide bonds. The number of benzene rings is 16. The van der Waals surface area contributed by atoms with Crippen LogP contribution in [0.15, 0.2) is 364 Å². The molecule has 12 heteroatoms. The van der Waals surface area contributed by atoms with Crippen LogP contribution in [0.3, 0.4) is 0 Å². The number of nitrogens with zero attached hydrogens (tertiary/aromatic N) is 8. The van der Waals surface area contributed by atoms with E-state index in [1.54, 1.807) is 0 Å². The van der Waals surface area contributed by atoms with E-state index >= 15 is 0 Å². The average Bonchev–Trinajstić information content (AvgIpc) is 1.37. The molecule has 3 aliphatic carbocycles. The molecular weight excluding hydrogens is 2450 g/mol. The summed E-state index contributed by atoms with van der Waals surface area (Å²) >= 11 is 0. The second-order valence-electron chi connectivity index (χ2n) is 40.3. The van der Waals surface area contributed by atoms with Gasteiger partial charge in [-0.05, 0) is 200 Å². The quantitative estimate of drug-likeness (QED) is 0.118. The molecule has 4 radical (unpaired) electrons.